The molecule has 0 saturated heterocycles. The number of nitrogens with zero attached hydrogens (tertiary/aromatic N) is 3. The molecule has 1 aliphatic heterocycles. The van der Waals surface area contributed by atoms with Crippen LogP contribution >= 0.6 is 0 Å². The average molecular weight is 321 g/mol. The van der Waals surface area contributed by atoms with Gasteiger partial charge in [0.05, 0.1) is 12.1 Å². The van der Waals surface area contributed by atoms with E-state index in [2.05, 4.69) is 14.5 Å². The lowest BCUT2D eigenvalue weighted by Gasteiger charge is -2.29. The third-order valence-electron chi connectivity index (χ3n) is 4.91. The van der Waals surface area contributed by atoms with Crippen molar-refractivity contribution < 1.29 is 13.2 Å². The molecule has 6 heteroatoms. The van der Waals surface area contributed by atoms with Gasteiger partial charge >= 0.3 is 6.18 Å². The average Bonchev–Trinajstić information content (AvgIpc) is 3.14. The minimum atomic E-state index is -4.29. The van der Waals surface area contributed by atoms with Crippen molar-refractivity contribution in [2.45, 2.75) is 45.1 Å². The number of hydrogen-bond acceptors (Lipinski definition) is 2. The maximum Gasteiger partial charge on any atom is 0.416 e. The van der Waals surface area contributed by atoms with Gasteiger partial charge in [-0.3, -0.25) is 4.90 Å². The highest BCUT2D eigenvalue weighted by Gasteiger charge is 2.36. The fourth-order valence-corrected chi connectivity index (χ4v) is 3.77. The van der Waals surface area contributed by atoms with E-state index in [0.717, 1.165) is 49.3 Å². The largest absolute Gasteiger partial charge is 0.416 e. The molecular formula is C17H18F3N3. The molecule has 0 saturated carbocycles. The third kappa shape index (κ3) is 2.65. The molecule has 0 fully saturated rings. The number of alkyl halides is 3. The molecule has 1 aromatic heterocycles. The number of benzene rings is 1. The minimum absolute atomic E-state index is 0.352. The lowest BCUT2D eigenvalue weighted by atomic mass is 9.96. The Kier molecular flexibility index (Phi) is 3.44. The van der Waals surface area contributed by atoms with E-state index in [9.17, 15) is 13.2 Å². The van der Waals surface area contributed by atoms with Crippen molar-refractivity contribution in [3.05, 3.63) is 52.6 Å². The number of rotatable bonds is 2. The first kappa shape index (κ1) is 14.8. The van der Waals surface area contributed by atoms with Gasteiger partial charge in [-0.05, 0) is 42.0 Å². The Labute approximate surface area is 132 Å². The number of halogens is 3. The molecule has 0 amide bonds. The quantitative estimate of drug-likeness (QED) is 0.845. The lowest BCUT2D eigenvalue weighted by Crippen LogP contribution is -2.34. The molecule has 2 aromatic rings. The van der Waals surface area contributed by atoms with Gasteiger partial charge in [0.25, 0.3) is 0 Å². The van der Waals surface area contributed by atoms with Gasteiger partial charge in [0, 0.05) is 32.0 Å². The third-order valence-corrected chi connectivity index (χ3v) is 4.91. The van der Waals surface area contributed by atoms with Crippen LogP contribution < -0.4 is 0 Å². The predicted molar refractivity (Wildman–Crippen MR) is 79.8 cm³/mol. The van der Waals surface area contributed by atoms with Crippen LogP contribution in [0.1, 0.15) is 34.5 Å². The Balaban J connectivity index is 1.67. The fourth-order valence-electron chi connectivity index (χ4n) is 3.77. The molecule has 1 aliphatic carbocycles. The fraction of sp³-hybridized carbons (Fsp3) is 0.471. The van der Waals surface area contributed by atoms with Crippen LogP contribution in [0.5, 0.6) is 0 Å². The molecule has 2 heterocycles. The van der Waals surface area contributed by atoms with E-state index >= 15 is 0 Å². The zero-order valence-electron chi connectivity index (χ0n) is 12.7. The zero-order valence-corrected chi connectivity index (χ0v) is 12.7. The first-order valence-corrected chi connectivity index (χ1v) is 7.95. The summed E-state index contributed by atoms with van der Waals surface area (Å²) in [7, 11) is 0. The van der Waals surface area contributed by atoms with Gasteiger partial charge in [-0.2, -0.15) is 13.2 Å². The van der Waals surface area contributed by atoms with Crippen molar-refractivity contribution in [1.29, 1.82) is 0 Å². The molecular weight excluding hydrogens is 303 g/mol. The molecule has 0 spiro atoms. The highest BCUT2D eigenvalue weighted by atomic mass is 19.4. The van der Waals surface area contributed by atoms with E-state index in [1.807, 2.05) is 6.20 Å². The van der Waals surface area contributed by atoms with Crippen molar-refractivity contribution in [3.63, 3.8) is 0 Å². The van der Waals surface area contributed by atoms with Crippen molar-refractivity contribution in [3.8, 4) is 0 Å². The molecule has 0 atom stereocenters. The van der Waals surface area contributed by atoms with E-state index < -0.39 is 11.7 Å². The van der Waals surface area contributed by atoms with Crippen LogP contribution in [-0.2, 0) is 38.7 Å². The Hall–Kier alpha value is -1.82. The smallest absolute Gasteiger partial charge is 0.333 e. The zero-order chi connectivity index (χ0) is 16.0. The summed E-state index contributed by atoms with van der Waals surface area (Å²) in [6, 6.07) is 2.93. The summed E-state index contributed by atoms with van der Waals surface area (Å²) in [5.74, 6) is 0.928. The Bertz CT molecular complexity index is 733. The monoisotopic (exact) mass is 321 g/mol. The number of imidazole rings is 1. The van der Waals surface area contributed by atoms with E-state index in [-0.39, 0.29) is 0 Å². The van der Waals surface area contributed by atoms with Crippen LogP contribution in [0.3, 0.4) is 0 Å². The SMILES string of the molecule is FC(F)(F)c1ccc2c(c1CN1CCn3ccnc3C1)CCC2. The summed E-state index contributed by atoms with van der Waals surface area (Å²) < 4.78 is 42.3. The second kappa shape index (κ2) is 5.37. The van der Waals surface area contributed by atoms with Gasteiger partial charge < -0.3 is 4.57 Å². The normalized spacial score (nSPS) is 18.0. The Morgan fingerprint density at radius 2 is 2.00 bits per heavy atom. The standard InChI is InChI=1S/C17H18F3N3/c18-17(19,20)15-5-4-12-2-1-3-13(12)14(15)10-22-8-9-23-7-6-21-16(23)11-22/h4-7H,1-3,8-11H2. The highest BCUT2D eigenvalue weighted by Crippen LogP contribution is 2.38. The summed E-state index contributed by atoms with van der Waals surface area (Å²) >= 11 is 0. The van der Waals surface area contributed by atoms with Crippen LogP contribution in [0, 0.1) is 0 Å². The molecule has 122 valence electrons. The first-order valence-electron chi connectivity index (χ1n) is 7.95. The van der Waals surface area contributed by atoms with Crippen molar-refractivity contribution >= 4 is 0 Å². The molecule has 0 N–H and O–H groups in total. The molecule has 2 aliphatic rings. The first-order chi connectivity index (χ1) is 11.0. The van der Waals surface area contributed by atoms with Gasteiger partial charge in [-0.25, -0.2) is 4.98 Å². The number of fused-ring (bicyclic) bond motifs is 2. The minimum Gasteiger partial charge on any atom is -0.333 e. The molecule has 0 bridgehead atoms. The van der Waals surface area contributed by atoms with Crippen molar-refractivity contribution in [2.24, 2.45) is 0 Å². The molecule has 3 nitrogen and oxygen atoms in total. The lowest BCUT2D eigenvalue weighted by molar-refractivity contribution is -0.138. The Morgan fingerprint density at radius 3 is 2.83 bits per heavy atom. The maximum absolute atomic E-state index is 13.4. The van der Waals surface area contributed by atoms with Crippen molar-refractivity contribution in [2.75, 3.05) is 6.54 Å². The van der Waals surface area contributed by atoms with E-state index in [4.69, 9.17) is 0 Å². The van der Waals surface area contributed by atoms with Gasteiger partial charge in [-0.15, -0.1) is 0 Å². The molecule has 0 unspecified atom stereocenters. The highest BCUT2D eigenvalue weighted by molar-refractivity contribution is 5.45. The number of aryl methyl sites for hydroxylation is 1. The van der Waals surface area contributed by atoms with Crippen LogP contribution in [0.25, 0.3) is 0 Å². The summed E-state index contributed by atoms with van der Waals surface area (Å²) in [4.78, 5) is 6.37. The van der Waals surface area contributed by atoms with Gasteiger partial charge in [0.2, 0.25) is 0 Å². The predicted octanol–water partition coefficient (Wildman–Crippen LogP) is 3.41. The molecule has 4 rings (SSSR count). The summed E-state index contributed by atoms with van der Waals surface area (Å²) in [6.45, 7) is 2.49. The van der Waals surface area contributed by atoms with E-state index in [1.54, 1.807) is 12.3 Å². The van der Waals surface area contributed by atoms with Gasteiger partial charge in [0.1, 0.15) is 5.82 Å². The maximum atomic E-state index is 13.4. The summed E-state index contributed by atoms with van der Waals surface area (Å²) in [5, 5.41) is 0. The molecule has 1 aromatic carbocycles. The van der Waals surface area contributed by atoms with Crippen molar-refractivity contribution in [1.82, 2.24) is 14.5 Å². The topological polar surface area (TPSA) is 21.1 Å². The second-order valence-electron chi connectivity index (χ2n) is 6.33. The second-order valence-corrected chi connectivity index (χ2v) is 6.33. The van der Waals surface area contributed by atoms with Gasteiger partial charge in [0.15, 0.2) is 0 Å². The summed E-state index contributed by atoms with van der Waals surface area (Å²) in [5.41, 5.74) is 2.03. The Morgan fingerprint density at radius 1 is 1.13 bits per heavy atom. The van der Waals surface area contributed by atoms with Crippen LogP contribution in [0.2, 0.25) is 0 Å². The summed E-state index contributed by atoms with van der Waals surface area (Å²) in [6.07, 6.45) is 1.99. The number of hydrogen-bond donors (Lipinski definition) is 0. The molecule has 23 heavy (non-hydrogen) atoms. The molecule has 0 radical (unpaired) electrons. The van der Waals surface area contributed by atoms with Crippen LogP contribution in [-0.4, -0.2) is 21.0 Å². The van der Waals surface area contributed by atoms with Crippen LogP contribution in [0.15, 0.2) is 24.5 Å². The van der Waals surface area contributed by atoms with E-state index in [0.29, 0.717) is 18.7 Å². The van der Waals surface area contributed by atoms with E-state index in [1.165, 1.54) is 6.07 Å². The number of aromatic nitrogens is 2. The van der Waals surface area contributed by atoms with Gasteiger partial charge in [-0.1, -0.05) is 6.07 Å². The van der Waals surface area contributed by atoms with Crippen LogP contribution in [0.4, 0.5) is 13.2 Å².